The highest BCUT2D eigenvalue weighted by atomic mass is 16.5. The summed E-state index contributed by atoms with van der Waals surface area (Å²) < 4.78 is 10.8. The Kier molecular flexibility index (Phi) is 5.44. The fourth-order valence-corrected chi connectivity index (χ4v) is 2.80. The van der Waals surface area contributed by atoms with E-state index in [1.807, 2.05) is 6.92 Å². The lowest BCUT2D eigenvalue weighted by Gasteiger charge is -2.34. The predicted octanol–water partition coefficient (Wildman–Crippen LogP) is 1.45. The maximum Gasteiger partial charge on any atom is 0.242 e. The minimum atomic E-state index is -0.322. The van der Waals surface area contributed by atoms with Gasteiger partial charge in [0.05, 0.1) is 12.6 Å². The molecule has 9 heteroatoms. The van der Waals surface area contributed by atoms with Crippen molar-refractivity contribution in [2.75, 3.05) is 25.0 Å². The number of aromatic amines is 1. The maximum absolute atomic E-state index is 12.4. The van der Waals surface area contributed by atoms with Crippen LogP contribution < -0.4 is 5.32 Å². The molecule has 0 bridgehead atoms. The first-order chi connectivity index (χ1) is 12.1. The number of ether oxygens (including phenoxy) is 1. The molecule has 0 unspecified atom stereocenters. The van der Waals surface area contributed by atoms with Gasteiger partial charge in [-0.05, 0) is 20.3 Å². The molecule has 3 rings (SSSR count). The van der Waals surface area contributed by atoms with Crippen LogP contribution in [0.4, 0.5) is 5.82 Å². The number of carbonyl (C=O) groups is 1. The van der Waals surface area contributed by atoms with E-state index in [9.17, 15) is 4.79 Å². The second-order valence-corrected chi connectivity index (χ2v) is 6.23. The molecular formula is C16H24N6O3. The van der Waals surface area contributed by atoms with Gasteiger partial charge in [0, 0.05) is 25.6 Å². The van der Waals surface area contributed by atoms with E-state index in [1.165, 1.54) is 0 Å². The Morgan fingerprint density at radius 2 is 2.40 bits per heavy atom. The summed E-state index contributed by atoms with van der Waals surface area (Å²) >= 11 is 0. The predicted molar refractivity (Wildman–Crippen MR) is 90.0 cm³/mol. The third-order valence-electron chi connectivity index (χ3n) is 4.23. The second kappa shape index (κ2) is 7.75. The Hall–Kier alpha value is -2.26. The number of carbonyl (C=O) groups excluding carboxylic acids is 1. The number of hydrogen-bond acceptors (Lipinski definition) is 7. The molecule has 1 amide bonds. The Morgan fingerprint density at radius 3 is 3.12 bits per heavy atom. The number of anilines is 1. The number of morpholine rings is 1. The molecule has 2 aromatic rings. The van der Waals surface area contributed by atoms with Gasteiger partial charge in [-0.1, -0.05) is 12.1 Å². The lowest BCUT2D eigenvalue weighted by molar-refractivity contribution is -0.124. The van der Waals surface area contributed by atoms with Gasteiger partial charge in [-0.3, -0.25) is 14.8 Å². The van der Waals surface area contributed by atoms with Crippen LogP contribution in [0.3, 0.4) is 0 Å². The van der Waals surface area contributed by atoms with E-state index in [4.69, 9.17) is 9.26 Å². The van der Waals surface area contributed by atoms with Crippen molar-refractivity contribution in [2.45, 2.75) is 45.8 Å². The molecular weight excluding hydrogens is 324 g/mol. The topological polar surface area (TPSA) is 109 Å². The first kappa shape index (κ1) is 17.6. The quantitative estimate of drug-likeness (QED) is 0.813. The van der Waals surface area contributed by atoms with Gasteiger partial charge in [-0.25, -0.2) is 4.98 Å². The first-order valence-electron chi connectivity index (χ1n) is 8.57. The lowest BCUT2D eigenvalue weighted by Crippen LogP contribution is -2.48. The van der Waals surface area contributed by atoms with E-state index in [1.54, 1.807) is 13.0 Å². The van der Waals surface area contributed by atoms with Crippen molar-refractivity contribution < 1.29 is 14.1 Å². The second-order valence-electron chi connectivity index (χ2n) is 6.23. The van der Waals surface area contributed by atoms with E-state index in [2.05, 4.69) is 37.5 Å². The molecule has 0 saturated carbocycles. The zero-order valence-corrected chi connectivity index (χ0v) is 14.8. The van der Waals surface area contributed by atoms with E-state index in [0.717, 1.165) is 18.7 Å². The molecule has 3 heterocycles. The smallest absolute Gasteiger partial charge is 0.242 e. The van der Waals surface area contributed by atoms with Gasteiger partial charge >= 0.3 is 0 Å². The van der Waals surface area contributed by atoms with Crippen molar-refractivity contribution >= 4 is 11.7 Å². The van der Waals surface area contributed by atoms with Gasteiger partial charge in [-0.2, -0.15) is 5.10 Å². The molecule has 9 nitrogen and oxygen atoms in total. The van der Waals surface area contributed by atoms with Gasteiger partial charge in [0.1, 0.15) is 17.7 Å². The standard InChI is InChI=1S/C16H24N6O3/c1-4-5-13-17-15(20-19-13)12-9-22(6-7-24-12)11(3)16(23)18-14-8-10(2)25-21-14/h8,11-12H,4-7,9H2,1-3H3,(H,17,19,20)(H,18,21,23)/t11-,12-/m1/s1. The Morgan fingerprint density at radius 1 is 1.56 bits per heavy atom. The summed E-state index contributed by atoms with van der Waals surface area (Å²) in [4.78, 5) is 19.0. The molecule has 136 valence electrons. The molecule has 0 spiro atoms. The molecule has 2 atom stereocenters. The minimum Gasteiger partial charge on any atom is -0.367 e. The third kappa shape index (κ3) is 4.23. The largest absolute Gasteiger partial charge is 0.367 e. The summed E-state index contributed by atoms with van der Waals surface area (Å²) in [6.07, 6.45) is 1.63. The number of amides is 1. The number of hydrogen-bond donors (Lipinski definition) is 2. The molecule has 1 fully saturated rings. The highest BCUT2D eigenvalue weighted by Gasteiger charge is 2.31. The number of nitrogens with zero attached hydrogens (tertiary/aromatic N) is 4. The lowest BCUT2D eigenvalue weighted by atomic mass is 10.2. The summed E-state index contributed by atoms with van der Waals surface area (Å²) in [7, 11) is 0. The van der Waals surface area contributed by atoms with Crippen molar-refractivity contribution in [3.8, 4) is 0 Å². The van der Waals surface area contributed by atoms with Crippen molar-refractivity contribution in [1.82, 2.24) is 25.2 Å². The van der Waals surface area contributed by atoms with Crippen LogP contribution in [0, 0.1) is 6.92 Å². The number of nitrogens with one attached hydrogen (secondary N) is 2. The fraction of sp³-hybridized carbons (Fsp3) is 0.625. The third-order valence-corrected chi connectivity index (χ3v) is 4.23. The highest BCUT2D eigenvalue weighted by Crippen LogP contribution is 2.21. The van der Waals surface area contributed by atoms with Crippen LogP contribution in [0.15, 0.2) is 10.6 Å². The van der Waals surface area contributed by atoms with Gasteiger partial charge in [0.2, 0.25) is 5.91 Å². The van der Waals surface area contributed by atoms with Crippen LogP contribution >= 0.6 is 0 Å². The summed E-state index contributed by atoms with van der Waals surface area (Å²) in [5, 5.41) is 13.8. The fourth-order valence-electron chi connectivity index (χ4n) is 2.80. The normalized spacial score (nSPS) is 19.7. The molecule has 1 saturated heterocycles. The Balaban J connectivity index is 1.60. The average Bonchev–Trinajstić information content (AvgIpc) is 3.24. The van der Waals surface area contributed by atoms with Gasteiger partial charge in [-0.15, -0.1) is 0 Å². The zero-order valence-electron chi connectivity index (χ0n) is 14.8. The van der Waals surface area contributed by atoms with Crippen molar-refractivity contribution in [1.29, 1.82) is 0 Å². The van der Waals surface area contributed by atoms with Crippen molar-refractivity contribution in [2.24, 2.45) is 0 Å². The molecule has 0 aliphatic carbocycles. The Labute approximate surface area is 146 Å². The molecule has 2 N–H and O–H groups in total. The number of aryl methyl sites for hydroxylation is 2. The molecule has 1 aliphatic rings. The monoisotopic (exact) mass is 348 g/mol. The number of H-pyrrole nitrogens is 1. The minimum absolute atomic E-state index is 0.129. The summed E-state index contributed by atoms with van der Waals surface area (Å²) in [5.41, 5.74) is 0. The van der Waals surface area contributed by atoms with Crippen LogP contribution in [0.25, 0.3) is 0 Å². The SMILES string of the molecule is CCCc1nc([C@H]2CN([C@H](C)C(=O)Nc3cc(C)on3)CCO2)n[nH]1. The van der Waals surface area contributed by atoms with Gasteiger partial charge in [0.25, 0.3) is 0 Å². The van der Waals surface area contributed by atoms with Crippen molar-refractivity contribution in [3.05, 3.63) is 23.5 Å². The summed E-state index contributed by atoms with van der Waals surface area (Å²) in [6, 6.07) is 1.37. The van der Waals surface area contributed by atoms with E-state index in [0.29, 0.717) is 37.1 Å². The average molecular weight is 348 g/mol. The maximum atomic E-state index is 12.4. The van der Waals surface area contributed by atoms with Gasteiger partial charge < -0.3 is 14.6 Å². The van der Waals surface area contributed by atoms with Crippen LogP contribution in [0.2, 0.25) is 0 Å². The molecule has 1 aliphatic heterocycles. The van der Waals surface area contributed by atoms with Crippen LogP contribution in [-0.4, -0.2) is 56.9 Å². The zero-order chi connectivity index (χ0) is 17.8. The molecule has 25 heavy (non-hydrogen) atoms. The van der Waals surface area contributed by atoms with Crippen LogP contribution in [-0.2, 0) is 16.0 Å². The molecule has 2 aromatic heterocycles. The van der Waals surface area contributed by atoms with E-state index in [-0.39, 0.29) is 18.1 Å². The molecule has 0 aromatic carbocycles. The number of rotatable bonds is 6. The Bertz CT molecular complexity index is 712. The van der Waals surface area contributed by atoms with Crippen molar-refractivity contribution in [3.63, 3.8) is 0 Å². The van der Waals surface area contributed by atoms with E-state index < -0.39 is 0 Å². The highest BCUT2D eigenvalue weighted by molar-refractivity contribution is 5.93. The number of aromatic nitrogens is 4. The van der Waals surface area contributed by atoms with E-state index >= 15 is 0 Å². The summed E-state index contributed by atoms with van der Waals surface area (Å²) in [5.74, 6) is 2.47. The van der Waals surface area contributed by atoms with Crippen LogP contribution in [0.5, 0.6) is 0 Å². The first-order valence-corrected chi connectivity index (χ1v) is 8.57. The summed E-state index contributed by atoms with van der Waals surface area (Å²) in [6.45, 7) is 7.51. The van der Waals surface area contributed by atoms with Gasteiger partial charge in [0.15, 0.2) is 11.6 Å². The van der Waals surface area contributed by atoms with Crippen LogP contribution in [0.1, 0.15) is 43.8 Å². The molecule has 0 radical (unpaired) electrons.